The highest BCUT2D eigenvalue weighted by Gasteiger charge is 2.13. The molecule has 3 rings (SSSR count). The summed E-state index contributed by atoms with van der Waals surface area (Å²) in [5.74, 6) is 0.422. The van der Waals surface area contributed by atoms with Crippen LogP contribution in [-0.2, 0) is 4.74 Å². The molecule has 1 aromatic heterocycles. The van der Waals surface area contributed by atoms with Crippen LogP contribution in [0.2, 0.25) is 0 Å². The Hall–Kier alpha value is -2.93. The summed E-state index contributed by atoms with van der Waals surface area (Å²) in [6.45, 7) is 6.81. The number of hydrogen-bond acceptors (Lipinski definition) is 6. The first-order valence-corrected chi connectivity index (χ1v) is 9.90. The topological polar surface area (TPSA) is 77.5 Å². The van der Waals surface area contributed by atoms with Crippen molar-refractivity contribution in [2.45, 2.75) is 20.8 Å². The van der Waals surface area contributed by atoms with E-state index in [2.05, 4.69) is 24.1 Å². The SMILES string of the molecule is CCOC(=O)c1ccc2nc(NC(=O)c3cccc(OCC(C)C)c3)sc2c1. The number of hydrogen-bond donors (Lipinski definition) is 1. The predicted molar refractivity (Wildman–Crippen MR) is 110 cm³/mol. The molecule has 0 unspecified atom stereocenters. The van der Waals surface area contributed by atoms with Crippen LogP contribution in [0.25, 0.3) is 10.2 Å². The standard InChI is InChI=1S/C21H22N2O4S/c1-4-26-20(25)15-8-9-17-18(11-15)28-21(22-17)23-19(24)14-6-5-7-16(10-14)27-12-13(2)3/h5-11,13H,4,12H2,1-3H3,(H,22,23,24). The van der Waals surface area contributed by atoms with Gasteiger partial charge in [0.2, 0.25) is 0 Å². The number of carbonyl (C=O) groups excluding carboxylic acids is 2. The quantitative estimate of drug-likeness (QED) is 0.581. The number of nitrogens with zero attached hydrogens (tertiary/aromatic N) is 1. The van der Waals surface area contributed by atoms with Gasteiger partial charge in [-0.25, -0.2) is 9.78 Å². The largest absolute Gasteiger partial charge is 0.493 e. The summed E-state index contributed by atoms with van der Waals surface area (Å²) >= 11 is 1.31. The van der Waals surface area contributed by atoms with Gasteiger partial charge in [-0.3, -0.25) is 10.1 Å². The Bertz CT molecular complexity index is 997. The number of thiazole rings is 1. The number of nitrogens with one attached hydrogen (secondary N) is 1. The molecule has 6 nitrogen and oxygen atoms in total. The Labute approximate surface area is 167 Å². The van der Waals surface area contributed by atoms with E-state index in [0.29, 0.717) is 46.7 Å². The first-order valence-electron chi connectivity index (χ1n) is 9.08. The summed E-state index contributed by atoms with van der Waals surface area (Å²) in [4.78, 5) is 28.8. The molecule has 1 heterocycles. The average molecular weight is 398 g/mol. The van der Waals surface area contributed by atoms with E-state index in [1.165, 1.54) is 11.3 Å². The number of esters is 1. The highest BCUT2D eigenvalue weighted by molar-refractivity contribution is 7.22. The number of rotatable bonds is 7. The summed E-state index contributed by atoms with van der Waals surface area (Å²) in [6, 6.07) is 12.2. The van der Waals surface area contributed by atoms with Crippen LogP contribution in [0.4, 0.5) is 5.13 Å². The van der Waals surface area contributed by atoms with Crippen molar-refractivity contribution in [1.82, 2.24) is 4.98 Å². The fourth-order valence-corrected chi connectivity index (χ4v) is 3.38. The Morgan fingerprint density at radius 2 is 1.96 bits per heavy atom. The van der Waals surface area contributed by atoms with E-state index >= 15 is 0 Å². The van der Waals surface area contributed by atoms with Crippen molar-refractivity contribution >= 4 is 38.6 Å². The van der Waals surface area contributed by atoms with E-state index in [0.717, 1.165) is 4.70 Å². The van der Waals surface area contributed by atoms with Crippen molar-refractivity contribution in [2.75, 3.05) is 18.5 Å². The van der Waals surface area contributed by atoms with Crippen molar-refractivity contribution in [3.63, 3.8) is 0 Å². The van der Waals surface area contributed by atoms with E-state index in [9.17, 15) is 9.59 Å². The fourth-order valence-electron chi connectivity index (χ4n) is 2.48. The van der Waals surface area contributed by atoms with Crippen LogP contribution in [0, 0.1) is 5.92 Å². The van der Waals surface area contributed by atoms with Crippen LogP contribution in [0.1, 0.15) is 41.5 Å². The van der Waals surface area contributed by atoms with Crippen LogP contribution in [0.3, 0.4) is 0 Å². The molecule has 0 aliphatic rings. The highest BCUT2D eigenvalue weighted by Crippen LogP contribution is 2.27. The Balaban J connectivity index is 1.74. The first-order chi connectivity index (χ1) is 13.5. The predicted octanol–water partition coefficient (Wildman–Crippen LogP) is 4.76. The monoisotopic (exact) mass is 398 g/mol. The molecule has 1 amide bonds. The molecule has 0 radical (unpaired) electrons. The molecule has 3 aromatic rings. The number of ether oxygens (including phenoxy) is 2. The van der Waals surface area contributed by atoms with Crippen molar-refractivity contribution in [3.8, 4) is 5.75 Å². The Kier molecular flexibility index (Phi) is 6.26. The third kappa shape index (κ3) is 4.86. The highest BCUT2D eigenvalue weighted by atomic mass is 32.1. The van der Waals surface area contributed by atoms with Gasteiger partial charge in [-0.1, -0.05) is 31.3 Å². The number of benzene rings is 2. The van der Waals surface area contributed by atoms with E-state index in [-0.39, 0.29) is 11.9 Å². The van der Waals surface area contributed by atoms with Crippen molar-refractivity contribution < 1.29 is 19.1 Å². The first kappa shape index (κ1) is 19.8. The lowest BCUT2D eigenvalue weighted by Crippen LogP contribution is -2.12. The van der Waals surface area contributed by atoms with Crippen molar-refractivity contribution in [1.29, 1.82) is 0 Å². The van der Waals surface area contributed by atoms with Gasteiger partial charge in [-0.2, -0.15) is 0 Å². The maximum Gasteiger partial charge on any atom is 0.338 e. The molecule has 1 N–H and O–H groups in total. The van der Waals surface area contributed by atoms with Gasteiger partial charge in [0.1, 0.15) is 5.75 Å². The van der Waals surface area contributed by atoms with E-state index in [1.54, 1.807) is 43.3 Å². The molecule has 0 saturated carbocycles. The van der Waals surface area contributed by atoms with Gasteiger partial charge in [0.25, 0.3) is 5.91 Å². The maximum absolute atomic E-state index is 12.6. The van der Waals surface area contributed by atoms with Gasteiger partial charge in [-0.05, 0) is 49.2 Å². The summed E-state index contributed by atoms with van der Waals surface area (Å²) in [5, 5.41) is 3.28. The second-order valence-electron chi connectivity index (χ2n) is 6.61. The second kappa shape index (κ2) is 8.84. The number of aromatic nitrogens is 1. The fraction of sp³-hybridized carbons (Fsp3) is 0.286. The Morgan fingerprint density at radius 3 is 2.71 bits per heavy atom. The summed E-state index contributed by atoms with van der Waals surface area (Å²) in [5.41, 5.74) is 1.67. The smallest absolute Gasteiger partial charge is 0.338 e. The molecule has 0 atom stereocenters. The molecule has 28 heavy (non-hydrogen) atoms. The third-order valence-corrected chi connectivity index (χ3v) is 4.73. The summed E-state index contributed by atoms with van der Waals surface area (Å²) < 4.78 is 11.5. The molecule has 0 saturated heterocycles. The zero-order chi connectivity index (χ0) is 20.1. The zero-order valence-corrected chi connectivity index (χ0v) is 16.8. The normalized spacial score (nSPS) is 10.9. The molecule has 0 bridgehead atoms. The maximum atomic E-state index is 12.6. The van der Waals surface area contributed by atoms with Gasteiger partial charge in [-0.15, -0.1) is 0 Å². The molecule has 0 fully saturated rings. The van der Waals surface area contributed by atoms with Crippen LogP contribution in [-0.4, -0.2) is 30.1 Å². The van der Waals surface area contributed by atoms with Gasteiger partial charge in [0.05, 0.1) is 29.0 Å². The molecule has 0 aliphatic heterocycles. The summed E-state index contributed by atoms with van der Waals surface area (Å²) in [6.07, 6.45) is 0. The molecule has 7 heteroatoms. The zero-order valence-electron chi connectivity index (χ0n) is 16.0. The van der Waals surface area contributed by atoms with Gasteiger partial charge < -0.3 is 9.47 Å². The molecule has 0 aliphatic carbocycles. The van der Waals surface area contributed by atoms with E-state index in [4.69, 9.17) is 9.47 Å². The minimum absolute atomic E-state index is 0.264. The van der Waals surface area contributed by atoms with Gasteiger partial charge in [0, 0.05) is 5.56 Å². The molecule has 0 spiro atoms. The summed E-state index contributed by atoms with van der Waals surface area (Å²) in [7, 11) is 0. The van der Waals surface area contributed by atoms with Crippen LogP contribution in [0.15, 0.2) is 42.5 Å². The van der Waals surface area contributed by atoms with E-state index in [1.807, 2.05) is 6.07 Å². The number of anilines is 1. The molecular formula is C21H22N2O4S. The number of amides is 1. The minimum Gasteiger partial charge on any atom is -0.493 e. The second-order valence-corrected chi connectivity index (χ2v) is 7.64. The lowest BCUT2D eigenvalue weighted by molar-refractivity contribution is 0.0526. The molecule has 2 aromatic carbocycles. The van der Waals surface area contributed by atoms with Crippen LogP contribution >= 0.6 is 11.3 Å². The van der Waals surface area contributed by atoms with E-state index < -0.39 is 0 Å². The van der Waals surface area contributed by atoms with Crippen LogP contribution < -0.4 is 10.1 Å². The van der Waals surface area contributed by atoms with Gasteiger partial charge in [0.15, 0.2) is 5.13 Å². The average Bonchev–Trinajstić information content (AvgIpc) is 3.08. The molecular weight excluding hydrogens is 376 g/mol. The number of fused-ring (bicyclic) bond motifs is 1. The molecule has 146 valence electrons. The lowest BCUT2D eigenvalue weighted by atomic mass is 10.2. The van der Waals surface area contributed by atoms with Crippen LogP contribution in [0.5, 0.6) is 5.75 Å². The minimum atomic E-state index is -0.374. The third-order valence-electron chi connectivity index (χ3n) is 3.80. The van der Waals surface area contributed by atoms with Crippen molar-refractivity contribution in [2.24, 2.45) is 5.92 Å². The number of carbonyl (C=O) groups is 2. The lowest BCUT2D eigenvalue weighted by Gasteiger charge is -2.09. The Morgan fingerprint density at radius 1 is 1.14 bits per heavy atom. The van der Waals surface area contributed by atoms with Gasteiger partial charge >= 0.3 is 5.97 Å². The van der Waals surface area contributed by atoms with Crippen molar-refractivity contribution in [3.05, 3.63) is 53.6 Å².